The summed E-state index contributed by atoms with van der Waals surface area (Å²) in [7, 11) is 0. The van der Waals surface area contributed by atoms with E-state index in [2.05, 4.69) is 4.98 Å². The van der Waals surface area contributed by atoms with Crippen LogP contribution in [0, 0.1) is 0 Å². The van der Waals surface area contributed by atoms with E-state index in [9.17, 15) is 4.79 Å². The van der Waals surface area contributed by atoms with Crippen LogP contribution in [0.25, 0.3) is 34.3 Å². The Kier molecular flexibility index (Phi) is 8.64. The summed E-state index contributed by atoms with van der Waals surface area (Å²) in [6.07, 6.45) is 3.77. The van der Waals surface area contributed by atoms with Gasteiger partial charge in [-0.05, 0) is 66.4 Å². The Labute approximate surface area is 224 Å². The number of aliphatic carboxylic acids is 1. The fourth-order valence-corrected chi connectivity index (χ4v) is 4.32. The van der Waals surface area contributed by atoms with Crippen molar-refractivity contribution < 1.29 is 19.0 Å². The van der Waals surface area contributed by atoms with Gasteiger partial charge in [0.05, 0.1) is 17.3 Å². The second-order valence-corrected chi connectivity index (χ2v) is 9.19. The van der Waals surface area contributed by atoms with Gasteiger partial charge >= 0.3 is 5.97 Å². The predicted molar refractivity (Wildman–Crippen MR) is 147 cm³/mol. The summed E-state index contributed by atoms with van der Waals surface area (Å²) in [5.74, 6) is -0.372. The quantitative estimate of drug-likeness (QED) is 0.206. The molecule has 5 nitrogen and oxygen atoms in total. The highest BCUT2D eigenvalue weighted by Crippen LogP contribution is 2.32. The molecule has 0 atom stereocenters. The van der Waals surface area contributed by atoms with Gasteiger partial charge in [-0.1, -0.05) is 59.6 Å². The molecule has 0 fully saturated rings. The van der Waals surface area contributed by atoms with E-state index in [1.54, 1.807) is 29.0 Å². The third kappa shape index (κ3) is 6.79. The normalized spacial score (nSPS) is 11.5. The Hall–Kier alpha value is -3.61. The highest BCUT2D eigenvalue weighted by Gasteiger charge is 2.15. The third-order valence-corrected chi connectivity index (χ3v) is 6.28. The van der Waals surface area contributed by atoms with Crippen molar-refractivity contribution in [3.63, 3.8) is 0 Å². The first-order valence-corrected chi connectivity index (χ1v) is 12.5. The molecule has 0 radical (unpaired) electrons. The summed E-state index contributed by atoms with van der Waals surface area (Å²) in [6.45, 7) is 2.82. The first-order chi connectivity index (χ1) is 17.8. The number of nitrogens with zero attached hydrogens (tertiary/aromatic N) is 2. The summed E-state index contributed by atoms with van der Waals surface area (Å²) in [6, 6.07) is 20.2. The lowest BCUT2D eigenvalue weighted by Crippen LogP contribution is -2.01. The largest absolute Gasteiger partial charge is 0.494 e. The zero-order valence-corrected chi connectivity index (χ0v) is 21.6. The topological polar surface area (TPSA) is 64.4 Å². The van der Waals surface area contributed by atoms with Crippen LogP contribution in [0.2, 0.25) is 10.0 Å². The maximum Gasteiger partial charge on any atom is 0.303 e. The molecule has 4 aromatic rings. The van der Waals surface area contributed by atoms with Gasteiger partial charge in [0.25, 0.3) is 0 Å². The summed E-state index contributed by atoms with van der Waals surface area (Å²) < 4.78 is 22.6. The maximum atomic E-state index is 15.3. The lowest BCUT2D eigenvalue weighted by molar-refractivity contribution is -0.137. The molecule has 3 aromatic carbocycles. The molecule has 1 heterocycles. The molecule has 8 heteroatoms. The molecular weight excluding hydrogens is 514 g/mol. The van der Waals surface area contributed by atoms with Gasteiger partial charge < -0.3 is 14.4 Å². The second-order valence-electron chi connectivity index (χ2n) is 8.34. The average Bonchev–Trinajstić information content (AvgIpc) is 3.32. The number of rotatable bonds is 10. The number of carboxylic acids is 1. The summed E-state index contributed by atoms with van der Waals surface area (Å²) >= 11 is 12.3. The highest BCUT2D eigenvalue weighted by molar-refractivity contribution is 6.36. The van der Waals surface area contributed by atoms with E-state index >= 15 is 4.39 Å². The molecule has 1 N–H and O–H groups in total. The van der Waals surface area contributed by atoms with Crippen LogP contribution >= 0.6 is 23.2 Å². The van der Waals surface area contributed by atoms with Gasteiger partial charge in [0.15, 0.2) is 11.7 Å². The standard InChI is InChI=1S/C29H25Cl2FN2O3/c1-2-34-18-27(24-14-11-22(30)17-25(24)31)33-29(34)26(32)16-19-5-7-20(8-6-19)21-9-12-23(13-10-21)37-15-3-4-28(35)36/h5-14,16-18H,2-4,15H2,1H3,(H,35,36)/b26-16+. The highest BCUT2D eigenvalue weighted by atomic mass is 35.5. The number of aromatic nitrogens is 2. The Balaban J connectivity index is 1.47. The molecule has 0 bridgehead atoms. The molecule has 0 aliphatic rings. The number of ether oxygens (including phenoxy) is 1. The first-order valence-electron chi connectivity index (χ1n) is 11.8. The molecule has 37 heavy (non-hydrogen) atoms. The molecule has 0 saturated carbocycles. The number of hydrogen-bond donors (Lipinski definition) is 1. The SMILES string of the molecule is CCn1cc(-c2ccc(Cl)cc2Cl)nc1/C(F)=C\c1ccc(-c2ccc(OCCCC(=O)O)cc2)cc1. The van der Waals surface area contributed by atoms with Crippen molar-refractivity contribution in [1.29, 1.82) is 0 Å². The molecule has 0 aliphatic heterocycles. The van der Waals surface area contributed by atoms with E-state index in [-0.39, 0.29) is 12.2 Å². The summed E-state index contributed by atoms with van der Waals surface area (Å²) in [4.78, 5) is 15.1. The van der Waals surface area contributed by atoms with Crippen molar-refractivity contribution in [3.8, 4) is 28.1 Å². The van der Waals surface area contributed by atoms with Crippen LogP contribution in [-0.2, 0) is 11.3 Å². The van der Waals surface area contributed by atoms with Gasteiger partial charge in [-0.15, -0.1) is 0 Å². The minimum Gasteiger partial charge on any atom is -0.494 e. The molecule has 0 amide bonds. The van der Waals surface area contributed by atoms with Gasteiger partial charge in [0.2, 0.25) is 0 Å². The Morgan fingerprint density at radius 1 is 1.05 bits per heavy atom. The molecule has 0 saturated heterocycles. The number of carboxylic acid groups (broad SMARTS) is 1. The summed E-state index contributed by atoms with van der Waals surface area (Å²) in [5, 5.41) is 9.67. The Morgan fingerprint density at radius 3 is 2.35 bits per heavy atom. The fraction of sp³-hybridized carbons (Fsp3) is 0.172. The van der Waals surface area contributed by atoms with Crippen LogP contribution in [0.15, 0.2) is 72.9 Å². The second kappa shape index (κ2) is 12.1. The molecule has 0 unspecified atom stereocenters. The van der Waals surface area contributed by atoms with Crippen LogP contribution in [-0.4, -0.2) is 27.2 Å². The van der Waals surface area contributed by atoms with Crippen LogP contribution < -0.4 is 4.74 Å². The lowest BCUT2D eigenvalue weighted by atomic mass is 10.0. The molecule has 1 aromatic heterocycles. The van der Waals surface area contributed by atoms with E-state index in [4.69, 9.17) is 33.0 Å². The van der Waals surface area contributed by atoms with Gasteiger partial charge in [0, 0.05) is 29.7 Å². The van der Waals surface area contributed by atoms with Crippen LogP contribution in [0.1, 0.15) is 31.2 Å². The predicted octanol–water partition coefficient (Wildman–Crippen LogP) is 8.26. The van der Waals surface area contributed by atoms with Crippen molar-refractivity contribution in [2.75, 3.05) is 6.61 Å². The van der Waals surface area contributed by atoms with Gasteiger partial charge in [-0.3, -0.25) is 4.79 Å². The molecule has 190 valence electrons. The molecule has 0 aliphatic carbocycles. The van der Waals surface area contributed by atoms with Crippen molar-refractivity contribution in [3.05, 3.63) is 94.4 Å². The maximum absolute atomic E-state index is 15.3. The number of benzene rings is 3. The van der Waals surface area contributed by atoms with Gasteiger partial charge in [-0.2, -0.15) is 0 Å². The number of aryl methyl sites for hydroxylation is 1. The summed E-state index contributed by atoms with van der Waals surface area (Å²) in [5.41, 5.74) is 3.93. The Morgan fingerprint density at radius 2 is 1.73 bits per heavy atom. The van der Waals surface area contributed by atoms with Crippen molar-refractivity contribution in [2.45, 2.75) is 26.3 Å². The molecule has 4 rings (SSSR count). The van der Waals surface area contributed by atoms with Gasteiger partial charge in [0.1, 0.15) is 5.75 Å². The van der Waals surface area contributed by atoms with E-state index in [0.29, 0.717) is 52.2 Å². The first kappa shape index (κ1) is 26.5. The zero-order valence-electron chi connectivity index (χ0n) is 20.1. The average molecular weight is 539 g/mol. The minimum atomic E-state index is -0.833. The van der Waals surface area contributed by atoms with E-state index < -0.39 is 11.8 Å². The van der Waals surface area contributed by atoms with E-state index in [1.807, 2.05) is 55.5 Å². The van der Waals surface area contributed by atoms with Crippen LogP contribution in [0.3, 0.4) is 0 Å². The monoisotopic (exact) mass is 538 g/mol. The van der Waals surface area contributed by atoms with E-state index in [1.165, 1.54) is 6.08 Å². The Bertz CT molecular complexity index is 1410. The van der Waals surface area contributed by atoms with Crippen molar-refractivity contribution >= 4 is 41.1 Å². The fourth-order valence-electron chi connectivity index (χ4n) is 3.81. The van der Waals surface area contributed by atoms with Gasteiger partial charge in [-0.25, -0.2) is 9.37 Å². The number of carbonyl (C=O) groups is 1. The molecule has 0 spiro atoms. The zero-order chi connectivity index (χ0) is 26.4. The van der Waals surface area contributed by atoms with Crippen LogP contribution in [0.5, 0.6) is 5.75 Å². The number of imidazole rings is 1. The minimum absolute atomic E-state index is 0.0810. The van der Waals surface area contributed by atoms with E-state index in [0.717, 1.165) is 11.1 Å². The van der Waals surface area contributed by atoms with Crippen molar-refractivity contribution in [1.82, 2.24) is 9.55 Å². The third-order valence-electron chi connectivity index (χ3n) is 5.73. The number of hydrogen-bond acceptors (Lipinski definition) is 3. The molecular formula is C29H25Cl2FN2O3. The smallest absolute Gasteiger partial charge is 0.303 e. The van der Waals surface area contributed by atoms with Crippen molar-refractivity contribution in [2.24, 2.45) is 0 Å². The van der Waals surface area contributed by atoms with Crippen LogP contribution in [0.4, 0.5) is 4.39 Å². The lowest BCUT2D eigenvalue weighted by Gasteiger charge is -2.07. The number of halogens is 3.